The SMILES string of the molecule is CN=C(NCc1scnc1C)NC1CN(C(=O)OC(C)(C)C)C1. The Morgan fingerprint density at radius 3 is 2.74 bits per heavy atom. The van der Waals surface area contributed by atoms with Gasteiger partial charge >= 0.3 is 6.09 Å². The molecular formula is C15H25N5O2S. The molecule has 1 aromatic heterocycles. The van der Waals surface area contributed by atoms with E-state index < -0.39 is 5.60 Å². The third-order valence-corrected chi connectivity index (χ3v) is 4.29. The van der Waals surface area contributed by atoms with Crippen molar-refractivity contribution in [2.75, 3.05) is 20.1 Å². The minimum absolute atomic E-state index is 0.191. The van der Waals surface area contributed by atoms with Crippen molar-refractivity contribution in [2.45, 2.75) is 45.9 Å². The first-order valence-electron chi connectivity index (χ1n) is 7.62. The second-order valence-electron chi connectivity index (χ2n) is 6.51. The second kappa shape index (κ2) is 7.16. The monoisotopic (exact) mass is 339 g/mol. The van der Waals surface area contributed by atoms with Gasteiger partial charge in [-0.25, -0.2) is 9.78 Å². The predicted molar refractivity (Wildman–Crippen MR) is 91.8 cm³/mol. The maximum Gasteiger partial charge on any atom is 0.410 e. The number of thiazole rings is 1. The number of rotatable bonds is 3. The van der Waals surface area contributed by atoms with E-state index in [0.717, 1.165) is 11.7 Å². The number of likely N-dealkylation sites (tertiary alicyclic amines) is 1. The summed E-state index contributed by atoms with van der Waals surface area (Å²) >= 11 is 1.62. The van der Waals surface area contributed by atoms with Crippen molar-refractivity contribution in [2.24, 2.45) is 4.99 Å². The molecule has 1 amide bonds. The quantitative estimate of drug-likeness (QED) is 0.648. The lowest BCUT2D eigenvalue weighted by atomic mass is 10.1. The van der Waals surface area contributed by atoms with Gasteiger partial charge in [-0.1, -0.05) is 0 Å². The first-order valence-corrected chi connectivity index (χ1v) is 8.50. The lowest BCUT2D eigenvalue weighted by Gasteiger charge is -2.40. The highest BCUT2D eigenvalue weighted by molar-refractivity contribution is 7.09. The molecule has 1 aliphatic rings. The molecule has 2 rings (SSSR count). The van der Waals surface area contributed by atoms with E-state index in [1.807, 2.05) is 33.2 Å². The molecule has 8 heteroatoms. The van der Waals surface area contributed by atoms with E-state index in [1.165, 1.54) is 4.88 Å². The normalized spacial score (nSPS) is 16.0. The van der Waals surface area contributed by atoms with Crippen LogP contribution in [-0.4, -0.2) is 53.7 Å². The molecule has 128 valence electrons. The molecule has 0 radical (unpaired) electrons. The van der Waals surface area contributed by atoms with E-state index in [9.17, 15) is 4.79 Å². The lowest BCUT2D eigenvalue weighted by Crippen LogP contribution is -2.63. The van der Waals surface area contributed by atoms with Gasteiger partial charge in [0.25, 0.3) is 0 Å². The molecule has 1 aliphatic heterocycles. The standard InChI is InChI=1S/C15H25N5O2S/c1-10-12(23-9-18-10)6-17-13(16-5)19-11-7-20(8-11)14(21)22-15(2,3)4/h9,11H,6-8H2,1-5H3,(H2,16,17,19). The van der Waals surface area contributed by atoms with Crippen LogP contribution in [0.15, 0.2) is 10.5 Å². The van der Waals surface area contributed by atoms with Crippen LogP contribution in [0.5, 0.6) is 0 Å². The lowest BCUT2D eigenvalue weighted by molar-refractivity contribution is 0.00701. The number of aliphatic imine (C=N–C) groups is 1. The summed E-state index contributed by atoms with van der Waals surface area (Å²) in [7, 11) is 1.74. The van der Waals surface area contributed by atoms with Crippen LogP contribution < -0.4 is 10.6 Å². The topological polar surface area (TPSA) is 78.9 Å². The first kappa shape index (κ1) is 17.5. The molecular weight excluding hydrogens is 314 g/mol. The molecule has 0 spiro atoms. The number of nitrogens with zero attached hydrogens (tertiary/aromatic N) is 3. The zero-order valence-electron chi connectivity index (χ0n) is 14.3. The Bertz CT molecular complexity index is 573. The molecule has 1 fully saturated rings. The Morgan fingerprint density at radius 1 is 1.52 bits per heavy atom. The summed E-state index contributed by atoms with van der Waals surface area (Å²) in [5, 5.41) is 6.58. The van der Waals surface area contributed by atoms with E-state index in [-0.39, 0.29) is 12.1 Å². The molecule has 0 saturated carbocycles. The fourth-order valence-corrected chi connectivity index (χ4v) is 2.81. The predicted octanol–water partition coefficient (Wildman–Crippen LogP) is 1.74. The van der Waals surface area contributed by atoms with Gasteiger partial charge in [-0.2, -0.15) is 0 Å². The van der Waals surface area contributed by atoms with Crippen LogP contribution in [-0.2, 0) is 11.3 Å². The van der Waals surface area contributed by atoms with Gasteiger partial charge in [0.1, 0.15) is 5.60 Å². The Hall–Kier alpha value is -1.83. The average molecular weight is 339 g/mol. The smallest absolute Gasteiger partial charge is 0.410 e. The fourth-order valence-electron chi connectivity index (χ4n) is 2.09. The molecule has 0 aromatic carbocycles. The van der Waals surface area contributed by atoms with E-state index in [2.05, 4.69) is 20.6 Å². The van der Waals surface area contributed by atoms with E-state index in [1.54, 1.807) is 23.3 Å². The summed E-state index contributed by atoms with van der Waals surface area (Å²) in [6.45, 7) is 9.53. The third-order valence-electron chi connectivity index (χ3n) is 3.36. The fraction of sp³-hybridized carbons (Fsp3) is 0.667. The molecule has 2 heterocycles. The van der Waals surface area contributed by atoms with Crippen LogP contribution in [0.2, 0.25) is 0 Å². The first-order chi connectivity index (χ1) is 10.8. The maximum atomic E-state index is 11.9. The largest absolute Gasteiger partial charge is 0.444 e. The number of hydrogen-bond acceptors (Lipinski definition) is 5. The molecule has 0 unspecified atom stereocenters. The van der Waals surface area contributed by atoms with Gasteiger partial charge in [0.15, 0.2) is 5.96 Å². The highest BCUT2D eigenvalue weighted by Gasteiger charge is 2.34. The number of ether oxygens (including phenoxy) is 1. The van der Waals surface area contributed by atoms with Gasteiger partial charge in [0.05, 0.1) is 23.8 Å². The minimum Gasteiger partial charge on any atom is -0.444 e. The Balaban J connectivity index is 1.73. The van der Waals surface area contributed by atoms with Crippen molar-refractivity contribution < 1.29 is 9.53 Å². The Kier molecular flexibility index (Phi) is 5.46. The molecule has 1 saturated heterocycles. The van der Waals surface area contributed by atoms with E-state index in [0.29, 0.717) is 19.6 Å². The van der Waals surface area contributed by atoms with Gasteiger partial charge in [0, 0.05) is 25.0 Å². The zero-order valence-corrected chi connectivity index (χ0v) is 15.2. The molecule has 0 bridgehead atoms. The van der Waals surface area contributed by atoms with Crippen molar-refractivity contribution in [1.82, 2.24) is 20.5 Å². The summed E-state index contributed by atoms with van der Waals surface area (Å²) in [4.78, 5) is 23.2. The highest BCUT2D eigenvalue weighted by atomic mass is 32.1. The van der Waals surface area contributed by atoms with E-state index >= 15 is 0 Å². The van der Waals surface area contributed by atoms with Crippen molar-refractivity contribution in [1.29, 1.82) is 0 Å². The van der Waals surface area contributed by atoms with Crippen LogP contribution in [0.3, 0.4) is 0 Å². The van der Waals surface area contributed by atoms with Gasteiger partial charge in [-0.05, 0) is 27.7 Å². The number of carbonyl (C=O) groups is 1. The summed E-state index contributed by atoms with van der Waals surface area (Å²) in [5.41, 5.74) is 2.42. The van der Waals surface area contributed by atoms with Crippen LogP contribution in [0.25, 0.3) is 0 Å². The van der Waals surface area contributed by atoms with Crippen LogP contribution >= 0.6 is 11.3 Å². The Labute approximate surface area is 141 Å². The van der Waals surface area contributed by atoms with Crippen molar-refractivity contribution >= 4 is 23.4 Å². The number of carbonyl (C=O) groups excluding carboxylic acids is 1. The summed E-state index contributed by atoms with van der Waals surface area (Å²) in [6, 6.07) is 0.191. The number of nitrogens with one attached hydrogen (secondary N) is 2. The van der Waals surface area contributed by atoms with Gasteiger partial charge in [0.2, 0.25) is 0 Å². The maximum absolute atomic E-state index is 11.9. The summed E-state index contributed by atoms with van der Waals surface area (Å²) in [6.07, 6.45) is -0.265. The van der Waals surface area contributed by atoms with Gasteiger partial charge in [-0.15, -0.1) is 11.3 Å². The number of amides is 1. The minimum atomic E-state index is -0.459. The summed E-state index contributed by atoms with van der Waals surface area (Å²) in [5.74, 6) is 0.728. The van der Waals surface area contributed by atoms with Crippen LogP contribution in [0, 0.1) is 6.92 Å². The highest BCUT2D eigenvalue weighted by Crippen LogP contribution is 2.15. The Morgan fingerprint density at radius 2 is 2.22 bits per heavy atom. The van der Waals surface area contributed by atoms with Crippen LogP contribution in [0.4, 0.5) is 4.79 Å². The van der Waals surface area contributed by atoms with Gasteiger partial charge in [-0.3, -0.25) is 4.99 Å². The second-order valence-corrected chi connectivity index (χ2v) is 7.45. The van der Waals surface area contributed by atoms with Crippen LogP contribution in [0.1, 0.15) is 31.3 Å². The molecule has 23 heavy (non-hydrogen) atoms. The molecule has 0 atom stereocenters. The number of aromatic nitrogens is 1. The van der Waals surface area contributed by atoms with Gasteiger partial charge < -0.3 is 20.3 Å². The zero-order chi connectivity index (χ0) is 17.0. The molecule has 2 N–H and O–H groups in total. The molecule has 1 aromatic rings. The van der Waals surface area contributed by atoms with Crippen molar-refractivity contribution in [3.8, 4) is 0 Å². The average Bonchev–Trinajstić information content (AvgIpc) is 2.80. The molecule has 0 aliphatic carbocycles. The summed E-state index contributed by atoms with van der Waals surface area (Å²) < 4.78 is 5.34. The van der Waals surface area contributed by atoms with Crippen molar-refractivity contribution in [3.05, 3.63) is 16.1 Å². The number of aryl methyl sites for hydroxylation is 1. The molecule has 7 nitrogen and oxygen atoms in total. The number of guanidine groups is 1. The van der Waals surface area contributed by atoms with Crippen molar-refractivity contribution in [3.63, 3.8) is 0 Å². The third kappa shape index (κ3) is 5.09. The van der Waals surface area contributed by atoms with E-state index in [4.69, 9.17) is 4.74 Å². The number of hydrogen-bond donors (Lipinski definition) is 2.